The molecule has 0 saturated carbocycles. The Labute approximate surface area is 174 Å². The van der Waals surface area contributed by atoms with E-state index in [0.29, 0.717) is 22.6 Å². The summed E-state index contributed by atoms with van der Waals surface area (Å²) >= 11 is 0. The molecule has 30 heavy (non-hydrogen) atoms. The summed E-state index contributed by atoms with van der Waals surface area (Å²) in [5, 5.41) is 9.22. The number of aromatic nitrogens is 1. The van der Waals surface area contributed by atoms with E-state index in [1.807, 2.05) is 61.5 Å². The Morgan fingerprint density at radius 1 is 0.700 bits per heavy atom. The maximum Gasteiger partial charge on any atom is 0.323 e. The van der Waals surface area contributed by atoms with Crippen molar-refractivity contribution in [1.29, 1.82) is 0 Å². The van der Waals surface area contributed by atoms with Gasteiger partial charge in [0.2, 0.25) is 0 Å². The van der Waals surface area contributed by atoms with Crippen LogP contribution in [-0.2, 0) is 0 Å². The Balaban J connectivity index is 1.44. The maximum atomic E-state index is 12.8. The summed E-state index contributed by atoms with van der Waals surface area (Å²) in [4.78, 5) is 29.4. The van der Waals surface area contributed by atoms with Crippen LogP contribution < -0.4 is 16.0 Å². The number of nitrogens with one attached hydrogen (secondary N) is 3. The third kappa shape index (κ3) is 4.44. The minimum Gasteiger partial charge on any atom is -0.322 e. The van der Waals surface area contributed by atoms with Crippen molar-refractivity contribution in [3.05, 3.63) is 96.2 Å². The van der Waals surface area contributed by atoms with Gasteiger partial charge in [-0.15, -0.1) is 0 Å². The second-order valence-electron chi connectivity index (χ2n) is 6.80. The predicted octanol–water partition coefficient (Wildman–Crippen LogP) is 5.44. The lowest BCUT2D eigenvalue weighted by Gasteiger charge is -2.11. The lowest BCUT2D eigenvalue weighted by Crippen LogP contribution is -2.19. The molecular formula is C24H20N4O2. The third-order valence-corrected chi connectivity index (χ3v) is 4.52. The average Bonchev–Trinajstić information content (AvgIpc) is 2.75. The molecule has 6 nitrogen and oxygen atoms in total. The van der Waals surface area contributed by atoms with Crippen LogP contribution in [0.5, 0.6) is 0 Å². The van der Waals surface area contributed by atoms with Gasteiger partial charge in [-0.3, -0.25) is 9.78 Å². The highest BCUT2D eigenvalue weighted by atomic mass is 16.2. The van der Waals surface area contributed by atoms with E-state index in [9.17, 15) is 9.59 Å². The molecule has 0 bridgehead atoms. The second-order valence-corrected chi connectivity index (χ2v) is 6.80. The Bertz CT molecular complexity index is 1210. The molecule has 0 radical (unpaired) electrons. The van der Waals surface area contributed by atoms with Gasteiger partial charge in [0.25, 0.3) is 5.91 Å². The number of carbonyl (C=O) groups is 2. The van der Waals surface area contributed by atoms with Crippen molar-refractivity contribution in [2.75, 3.05) is 16.0 Å². The van der Waals surface area contributed by atoms with E-state index in [2.05, 4.69) is 20.9 Å². The third-order valence-electron chi connectivity index (χ3n) is 4.52. The van der Waals surface area contributed by atoms with Gasteiger partial charge in [0, 0.05) is 28.1 Å². The Morgan fingerprint density at radius 2 is 1.27 bits per heavy atom. The van der Waals surface area contributed by atoms with Crippen molar-refractivity contribution in [2.24, 2.45) is 0 Å². The Kier molecular flexibility index (Phi) is 5.39. The molecule has 0 atom stereocenters. The van der Waals surface area contributed by atoms with Crippen LogP contribution in [0.25, 0.3) is 10.9 Å². The van der Waals surface area contributed by atoms with Crippen LogP contribution in [0.15, 0.2) is 84.9 Å². The van der Waals surface area contributed by atoms with Gasteiger partial charge in [-0.25, -0.2) is 4.79 Å². The quantitative estimate of drug-likeness (QED) is 0.429. The molecule has 0 aliphatic carbocycles. The zero-order valence-corrected chi connectivity index (χ0v) is 16.3. The van der Waals surface area contributed by atoms with E-state index in [0.717, 1.165) is 16.6 Å². The lowest BCUT2D eigenvalue weighted by atomic mass is 10.1. The molecular weight excluding hydrogens is 376 g/mol. The smallest absolute Gasteiger partial charge is 0.322 e. The number of hydrogen-bond acceptors (Lipinski definition) is 3. The molecule has 0 unspecified atom stereocenters. The van der Waals surface area contributed by atoms with Crippen LogP contribution in [0.1, 0.15) is 16.1 Å². The average molecular weight is 396 g/mol. The van der Waals surface area contributed by atoms with Crippen LogP contribution in [0.2, 0.25) is 0 Å². The highest BCUT2D eigenvalue weighted by Crippen LogP contribution is 2.21. The van der Waals surface area contributed by atoms with E-state index in [1.54, 1.807) is 30.3 Å². The topological polar surface area (TPSA) is 83.1 Å². The Morgan fingerprint density at radius 3 is 1.97 bits per heavy atom. The first kappa shape index (κ1) is 19.1. The molecule has 1 aromatic heterocycles. The number of urea groups is 1. The fourth-order valence-corrected chi connectivity index (χ4v) is 3.15. The van der Waals surface area contributed by atoms with Crippen molar-refractivity contribution < 1.29 is 9.59 Å². The molecule has 6 heteroatoms. The summed E-state index contributed by atoms with van der Waals surface area (Å²) in [5.74, 6) is -0.209. The standard InChI is InChI=1S/C24H20N4O2/c1-16-15-21(20-9-5-6-10-22(20)25-16)23(29)26-18-11-13-19(14-12-18)28-24(30)27-17-7-3-2-4-8-17/h2-15H,1H3,(H,26,29)(H2,27,28,30). The molecule has 4 rings (SSSR count). The van der Waals surface area contributed by atoms with E-state index in [4.69, 9.17) is 0 Å². The van der Waals surface area contributed by atoms with Crippen LogP contribution in [-0.4, -0.2) is 16.9 Å². The van der Waals surface area contributed by atoms with Gasteiger partial charge in [-0.1, -0.05) is 36.4 Å². The first-order chi connectivity index (χ1) is 14.6. The van der Waals surface area contributed by atoms with E-state index < -0.39 is 0 Å². The number of rotatable bonds is 4. The molecule has 3 aromatic carbocycles. The number of benzene rings is 3. The minimum atomic E-state index is -0.336. The number of amides is 3. The molecule has 0 aliphatic rings. The van der Waals surface area contributed by atoms with Crippen LogP contribution in [0, 0.1) is 6.92 Å². The molecule has 1 heterocycles. The van der Waals surface area contributed by atoms with E-state index in [1.165, 1.54) is 0 Å². The normalized spacial score (nSPS) is 10.4. The van der Waals surface area contributed by atoms with Crippen molar-refractivity contribution >= 4 is 39.9 Å². The number of hydrogen-bond donors (Lipinski definition) is 3. The summed E-state index contributed by atoms with van der Waals surface area (Å²) in [5.41, 5.74) is 4.09. The summed E-state index contributed by atoms with van der Waals surface area (Å²) < 4.78 is 0. The van der Waals surface area contributed by atoms with Crippen molar-refractivity contribution in [3.8, 4) is 0 Å². The molecule has 4 aromatic rings. The van der Waals surface area contributed by atoms with Gasteiger partial charge in [0.1, 0.15) is 0 Å². The van der Waals surface area contributed by atoms with Crippen molar-refractivity contribution in [2.45, 2.75) is 6.92 Å². The second kappa shape index (κ2) is 8.45. The largest absolute Gasteiger partial charge is 0.323 e. The predicted molar refractivity (Wildman–Crippen MR) is 120 cm³/mol. The maximum absolute atomic E-state index is 12.8. The summed E-state index contributed by atoms with van der Waals surface area (Å²) in [6.07, 6.45) is 0. The van der Waals surface area contributed by atoms with Gasteiger partial charge in [0.05, 0.1) is 11.1 Å². The molecule has 0 aliphatic heterocycles. The SMILES string of the molecule is Cc1cc(C(=O)Nc2ccc(NC(=O)Nc3ccccc3)cc2)c2ccccc2n1. The van der Waals surface area contributed by atoms with Gasteiger partial charge in [-0.2, -0.15) is 0 Å². The number of pyridine rings is 1. The van der Waals surface area contributed by atoms with Crippen LogP contribution in [0.4, 0.5) is 21.9 Å². The number of aryl methyl sites for hydroxylation is 1. The molecule has 0 spiro atoms. The minimum absolute atomic E-state index is 0.209. The zero-order chi connectivity index (χ0) is 20.9. The van der Waals surface area contributed by atoms with Gasteiger partial charge < -0.3 is 16.0 Å². The summed E-state index contributed by atoms with van der Waals surface area (Å²) in [6, 6.07) is 25.1. The number of fused-ring (bicyclic) bond motifs is 1. The molecule has 3 amide bonds. The number of carbonyl (C=O) groups excluding carboxylic acids is 2. The number of nitrogens with zero attached hydrogens (tertiary/aromatic N) is 1. The fourth-order valence-electron chi connectivity index (χ4n) is 3.15. The lowest BCUT2D eigenvalue weighted by molar-refractivity contribution is 0.102. The van der Waals surface area contributed by atoms with Gasteiger partial charge >= 0.3 is 6.03 Å². The highest BCUT2D eigenvalue weighted by molar-refractivity contribution is 6.12. The zero-order valence-electron chi connectivity index (χ0n) is 16.3. The van der Waals surface area contributed by atoms with Crippen molar-refractivity contribution in [3.63, 3.8) is 0 Å². The molecule has 3 N–H and O–H groups in total. The molecule has 0 fully saturated rings. The van der Waals surface area contributed by atoms with E-state index in [-0.39, 0.29) is 11.9 Å². The first-order valence-corrected chi connectivity index (χ1v) is 9.49. The first-order valence-electron chi connectivity index (χ1n) is 9.49. The summed E-state index contributed by atoms with van der Waals surface area (Å²) in [7, 11) is 0. The molecule has 0 saturated heterocycles. The van der Waals surface area contributed by atoms with Crippen molar-refractivity contribution in [1.82, 2.24) is 4.98 Å². The summed E-state index contributed by atoms with van der Waals surface area (Å²) in [6.45, 7) is 1.87. The van der Waals surface area contributed by atoms with Gasteiger partial charge in [-0.05, 0) is 55.5 Å². The van der Waals surface area contributed by atoms with Crippen LogP contribution in [0.3, 0.4) is 0 Å². The molecule has 148 valence electrons. The fraction of sp³-hybridized carbons (Fsp3) is 0.0417. The van der Waals surface area contributed by atoms with Crippen LogP contribution >= 0.6 is 0 Å². The number of para-hydroxylation sites is 2. The highest BCUT2D eigenvalue weighted by Gasteiger charge is 2.12. The monoisotopic (exact) mass is 396 g/mol. The van der Waals surface area contributed by atoms with Gasteiger partial charge in [0.15, 0.2) is 0 Å². The Hall–Kier alpha value is -4.19. The number of anilines is 3. The van der Waals surface area contributed by atoms with E-state index >= 15 is 0 Å².